The monoisotopic (exact) mass is 397 g/mol. The Labute approximate surface area is 167 Å². The van der Waals surface area contributed by atoms with Crippen molar-refractivity contribution in [1.29, 1.82) is 0 Å². The van der Waals surface area contributed by atoms with Gasteiger partial charge in [-0.05, 0) is 42.8 Å². The maximum absolute atomic E-state index is 12.2. The number of nitrogens with one attached hydrogen (secondary N) is 3. The minimum Gasteiger partial charge on any atom is -0.459 e. The van der Waals surface area contributed by atoms with E-state index in [1.165, 1.54) is 11.8 Å². The van der Waals surface area contributed by atoms with E-state index in [0.29, 0.717) is 22.9 Å². The molecule has 0 spiro atoms. The summed E-state index contributed by atoms with van der Waals surface area (Å²) in [6, 6.07) is 16.1. The summed E-state index contributed by atoms with van der Waals surface area (Å²) in [6.45, 7) is 2.52. The van der Waals surface area contributed by atoms with E-state index in [1.54, 1.807) is 30.3 Å². The van der Waals surface area contributed by atoms with Crippen molar-refractivity contribution in [3.63, 3.8) is 0 Å². The second-order valence-corrected chi connectivity index (χ2v) is 6.67. The van der Waals surface area contributed by atoms with Gasteiger partial charge < -0.3 is 20.4 Å². The first-order valence-corrected chi connectivity index (χ1v) is 9.09. The average molecular weight is 398 g/mol. The number of carbonyl (C=O) groups excluding carboxylic acids is 2. The van der Waals surface area contributed by atoms with Crippen molar-refractivity contribution in [2.24, 2.45) is 0 Å². The predicted octanol–water partition coefficient (Wildman–Crippen LogP) is 4.22. The molecule has 0 aliphatic carbocycles. The lowest BCUT2D eigenvalue weighted by molar-refractivity contribution is -0.119. The number of furan rings is 1. The highest BCUT2D eigenvalue weighted by atomic mass is 35.5. The highest BCUT2D eigenvalue weighted by Gasteiger charge is 2.12. The van der Waals surface area contributed by atoms with E-state index in [9.17, 15) is 9.59 Å². The van der Waals surface area contributed by atoms with Gasteiger partial charge >= 0.3 is 0 Å². The van der Waals surface area contributed by atoms with Gasteiger partial charge in [0.2, 0.25) is 5.91 Å². The van der Waals surface area contributed by atoms with Crippen molar-refractivity contribution < 1.29 is 14.0 Å². The molecular formula is C21H20ClN3O3. The van der Waals surface area contributed by atoms with Crippen LogP contribution in [-0.4, -0.2) is 18.4 Å². The van der Waals surface area contributed by atoms with E-state index in [2.05, 4.69) is 16.0 Å². The smallest absolute Gasteiger partial charge is 0.291 e. The Bertz CT molecular complexity index is 954. The van der Waals surface area contributed by atoms with E-state index in [0.717, 1.165) is 5.56 Å². The van der Waals surface area contributed by atoms with E-state index < -0.39 is 5.91 Å². The molecule has 3 aromatic rings. The molecule has 7 heteroatoms. The third-order valence-electron chi connectivity index (χ3n) is 4.02. The van der Waals surface area contributed by atoms with Gasteiger partial charge in [0.25, 0.3) is 5.91 Å². The van der Waals surface area contributed by atoms with Crippen LogP contribution in [0.4, 0.5) is 11.4 Å². The first kappa shape index (κ1) is 19.5. The van der Waals surface area contributed by atoms with Crippen molar-refractivity contribution in [3.8, 4) is 0 Å². The summed E-state index contributed by atoms with van der Waals surface area (Å²) in [5.41, 5.74) is 3.23. The largest absolute Gasteiger partial charge is 0.459 e. The number of amides is 2. The number of carbonyl (C=O) groups is 2. The lowest BCUT2D eigenvalue weighted by atomic mass is 10.1. The van der Waals surface area contributed by atoms with E-state index in [-0.39, 0.29) is 18.2 Å². The molecule has 0 saturated carbocycles. The summed E-state index contributed by atoms with van der Waals surface area (Å²) in [5, 5.41) is 9.06. The first-order valence-electron chi connectivity index (χ1n) is 8.72. The molecule has 2 amide bonds. The Balaban J connectivity index is 1.58. The molecule has 0 radical (unpaired) electrons. The molecule has 2 aromatic carbocycles. The van der Waals surface area contributed by atoms with Gasteiger partial charge in [-0.3, -0.25) is 9.59 Å². The Morgan fingerprint density at radius 3 is 2.54 bits per heavy atom. The Morgan fingerprint density at radius 2 is 1.82 bits per heavy atom. The van der Waals surface area contributed by atoms with Crippen LogP contribution in [-0.2, 0) is 11.3 Å². The number of hydrogen-bond acceptors (Lipinski definition) is 4. The number of anilines is 2. The maximum Gasteiger partial charge on any atom is 0.291 e. The van der Waals surface area contributed by atoms with Gasteiger partial charge in [-0.25, -0.2) is 0 Å². The van der Waals surface area contributed by atoms with Gasteiger partial charge in [0.05, 0.1) is 24.2 Å². The van der Waals surface area contributed by atoms with Crippen LogP contribution in [0.25, 0.3) is 0 Å². The lowest BCUT2D eigenvalue weighted by Gasteiger charge is -2.13. The molecular weight excluding hydrogens is 378 g/mol. The van der Waals surface area contributed by atoms with Crippen molar-refractivity contribution in [1.82, 2.24) is 5.32 Å². The summed E-state index contributed by atoms with van der Waals surface area (Å²) in [6.07, 6.45) is 1.42. The first-order chi connectivity index (χ1) is 13.5. The van der Waals surface area contributed by atoms with Crippen LogP contribution in [0.1, 0.15) is 21.7 Å². The number of halogens is 1. The van der Waals surface area contributed by atoms with Crippen LogP contribution in [0.5, 0.6) is 0 Å². The van der Waals surface area contributed by atoms with Crippen LogP contribution < -0.4 is 16.0 Å². The number of benzene rings is 2. The highest BCUT2D eigenvalue weighted by Crippen LogP contribution is 2.26. The molecule has 28 heavy (non-hydrogen) atoms. The normalized spacial score (nSPS) is 10.4. The lowest BCUT2D eigenvalue weighted by Crippen LogP contribution is -2.29. The molecule has 1 aromatic heterocycles. The van der Waals surface area contributed by atoms with Gasteiger partial charge in [-0.1, -0.05) is 41.4 Å². The van der Waals surface area contributed by atoms with Crippen LogP contribution in [0.3, 0.4) is 0 Å². The summed E-state index contributed by atoms with van der Waals surface area (Å²) in [4.78, 5) is 24.3. The number of hydrogen-bond donors (Lipinski definition) is 3. The van der Waals surface area contributed by atoms with Crippen molar-refractivity contribution in [2.45, 2.75) is 13.5 Å². The zero-order valence-corrected chi connectivity index (χ0v) is 16.0. The molecule has 0 atom stereocenters. The second kappa shape index (κ2) is 9.10. The standard InChI is InChI=1S/C21H20ClN3O3/c1-14-4-6-15(7-5-14)12-24-20(26)13-23-17-9-8-16(22)11-18(17)25-21(27)19-3-2-10-28-19/h2-11,23H,12-13H2,1H3,(H,24,26)(H,25,27). The maximum atomic E-state index is 12.2. The van der Waals surface area contributed by atoms with Crippen LogP contribution >= 0.6 is 11.6 Å². The minimum atomic E-state index is -0.404. The van der Waals surface area contributed by atoms with Crippen molar-refractivity contribution in [2.75, 3.05) is 17.2 Å². The topological polar surface area (TPSA) is 83.4 Å². The van der Waals surface area contributed by atoms with Crippen LogP contribution in [0.15, 0.2) is 65.3 Å². The molecule has 0 bridgehead atoms. The summed E-state index contributed by atoms with van der Waals surface area (Å²) in [5.74, 6) is -0.389. The summed E-state index contributed by atoms with van der Waals surface area (Å²) < 4.78 is 5.09. The third-order valence-corrected chi connectivity index (χ3v) is 4.26. The molecule has 0 saturated heterocycles. The fourth-order valence-electron chi connectivity index (χ4n) is 2.51. The molecule has 6 nitrogen and oxygen atoms in total. The molecule has 0 unspecified atom stereocenters. The molecule has 1 heterocycles. The molecule has 3 N–H and O–H groups in total. The summed E-state index contributed by atoms with van der Waals surface area (Å²) in [7, 11) is 0. The van der Waals surface area contributed by atoms with Crippen molar-refractivity contribution in [3.05, 3.63) is 82.8 Å². The fraction of sp³-hybridized carbons (Fsp3) is 0.143. The fourth-order valence-corrected chi connectivity index (χ4v) is 2.68. The van der Waals surface area contributed by atoms with E-state index in [4.69, 9.17) is 16.0 Å². The van der Waals surface area contributed by atoms with Crippen LogP contribution in [0.2, 0.25) is 5.02 Å². The molecule has 144 valence electrons. The van der Waals surface area contributed by atoms with Gasteiger partial charge in [0.1, 0.15) is 0 Å². The van der Waals surface area contributed by atoms with Crippen LogP contribution in [0, 0.1) is 6.92 Å². The number of aryl methyl sites for hydroxylation is 1. The van der Waals surface area contributed by atoms with Gasteiger partial charge in [-0.15, -0.1) is 0 Å². The van der Waals surface area contributed by atoms with Gasteiger partial charge in [-0.2, -0.15) is 0 Å². The SMILES string of the molecule is Cc1ccc(CNC(=O)CNc2ccc(Cl)cc2NC(=O)c2ccco2)cc1. The zero-order chi connectivity index (χ0) is 19.9. The van der Waals surface area contributed by atoms with Crippen molar-refractivity contribution >= 4 is 34.8 Å². The van der Waals surface area contributed by atoms with Gasteiger partial charge in [0.15, 0.2) is 5.76 Å². The third kappa shape index (κ3) is 5.37. The molecule has 3 rings (SSSR count). The number of rotatable bonds is 7. The highest BCUT2D eigenvalue weighted by molar-refractivity contribution is 6.31. The molecule has 0 fully saturated rings. The van der Waals surface area contributed by atoms with Gasteiger partial charge in [0, 0.05) is 11.6 Å². The minimum absolute atomic E-state index is 0.0527. The zero-order valence-electron chi connectivity index (χ0n) is 15.3. The summed E-state index contributed by atoms with van der Waals surface area (Å²) >= 11 is 6.03. The predicted molar refractivity (Wildman–Crippen MR) is 110 cm³/mol. The van der Waals surface area contributed by atoms with E-state index in [1.807, 2.05) is 31.2 Å². The Hall–Kier alpha value is -3.25. The Morgan fingerprint density at radius 1 is 1.04 bits per heavy atom. The second-order valence-electron chi connectivity index (χ2n) is 6.24. The Kier molecular flexibility index (Phi) is 6.34. The average Bonchev–Trinajstić information content (AvgIpc) is 3.22. The molecule has 0 aliphatic rings. The van der Waals surface area contributed by atoms with E-state index >= 15 is 0 Å². The molecule has 0 aliphatic heterocycles. The quantitative estimate of drug-likeness (QED) is 0.557.